The lowest BCUT2D eigenvalue weighted by Gasteiger charge is -2.50. The van der Waals surface area contributed by atoms with Gasteiger partial charge < -0.3 is 47.1 Å². The fourth-order valence-electron chi connectivity index (χ4n) is 11.6. The van der Waals surface area contributed by atoms with Crippen molar-refractivity contribution in [2.45, 2.75) is 150 Å². The molecule has 0 amide bonds. The maximum Gasteiger partial charge on any atom is 0.261 e. The van der Waals surface area contributed by atoms with Gasteiger partial charge in [-0.15, -0.1) is 0 Å². The summed E-state index contributed by atoms with van der Waals surface area (Å²) in [6.07, 6.45) is -1.38. The van der Waals surface area contributed by atoms with Gasteiger partial charge in [0.1, 0.15) is 11.9 Å². The Morgan fingerprint density at radius 1 is 0.571 bits per heavy atom. The molecule has 4 heterocycles. The Hall–Kier alpha value is -4.87. The van der Waals surface area contributed by atoms with E-state index in [1.54, 1.807) is 7.11 Å². The highest BCUT2D eigenvalue weighted by Crippen LogP contribution is 2.42. The van der Waals surface area contributed by atoms with E-state index in [9.17, 15) is 4.21 Å². The van der Waals surface area contributed by atoms with E-state index >= 15 is 0 Å². The summed E-state index contributed by atoms with van der Waals surface area (Å²) < 4.78 is 82.6. The topological polar surface area (TPSA) is 109 Å². The Labute approximate surface area is 459 Å². The number of ether oxygens (including phenoxy) is 9. The van der Waals surface area contributed by atoms with Gasteiger partial charge in [-0.25, -0.2) is 0 Å². The molecule has 11 nitrogen and oxygen atoms in total. The molecule has 4 saturated heterocycles. The van der Waals surface area contributed by atoms with Gasteiger partial charge in [-0.05, 0) is 70.6 Å². The Bertz CT molecular complexity index is 2710. The number of methoxy groups -OCH3 is 1. The van der Waals surface area contributed by atoms with Gasteiger partial charge in [0.2, 0.25) is 0 Å². The van der Waals surface area contributed by atoms with Gasteiger partial charge in [-0.2, -0.15) is 0 Å². The van der Waals surface area contributed by atoms with Crippen molar-refractivity contribution in [2.24, 2.45) is 0 Å². The lowest BCUT2D eigenvalue weighted by atomic mass is 9.89. The summed E-state index contributed by atoms with van der Waals surface area (Å²) in [4.78, 5) is 0.752. The van der Waals surface area contributed by atoms with Crippen LogP contribution in [0, 0.1) is 6.92 Å². The second kappa shape index (κ2) is 25.9. The summed E-state index contributed by atoms with van der Waals surface area (Å²) in [5, 5.41) is 2.23. The second-order valence-electron chi connectivity index (χ2n) is 22.0. The first-order chi connectivity index (χ1) is 37.5. The second-order valence-corrected chi connectivity index (χ2v) is 27.8. The molecule has 0 bridgehead atoms. The summed E-state index contributed by atoms with van der Waals surface area (Å²) in [5.74, 6) is 1.00. The lowest BCUT2D eigenvalue weighted by molar-refractivity contribution is -0.317. The number of hydrogen-bond donors (Lipinski definition) is 0. The highest BCUT2D eigenvalue weighted by atomic mass is 32.2. The molecule has 0 aliphatic carbocycles. The van der Waals surface area contributed by atoms with Crippen LogP contribution in [0.1, 0.15) is 81.4 Å². The van der Waals surface area contributed by atoms with Gasteiger partial charge in [0, 0.05) is 42.9 Å². The van der Waals surface area contributed by atoms with Crippen molar-refractivity contribution < 1.29 is 51.3 Å². The smallest absolute Gasteiger partial charge is 0.261 e. The van der Waals surface area contributed by atoms with E-state index in [1.807, 2.05) is 91.9 Å². The molecule has 77 heavy (non-hydrogen) atoms. The maximum atomic E-state index is 14.5. The lowest BCUT2D eigenvalue weighted by Crippen LogP contribution is -2.66. The zero-order valence-electron chi connectivity index (χ0n) is 45.2. The third-order valence-corrected chi connectivity index (χ3v) is 22.1. The first kappa shape index (κ1) is 55.4. The highest BCUT2D eigenvalue weighted by Gasteiger charge is 2.52. The van der Waals surface area contributed by atoms with Crippen LogP contribution in [0.5, 0.6) is 5.75 Å². The van der Waals surface area contributed by atoms with E-state index in [0.29, 0.717) is 65.1 Å². The van der Waals surface area contributed by atoms with Crippen LogP contribution < -0.4 is 15.1 Å². The van der Waals surface area contributed by atoms with Crippen LogP contribution in [0.3, 0.4) is 0 Å². The predicted molar refractivity (Wildman–Crippen MR) is 301 cm³/mol. The van der Waals surface area contributed by atoms with Crippen LogP contribution in [0.15, 0.2) is 175 Å². The molecule has 4 aliphatic heterocycles. The Balaban J connectivity index is 0.932. The van der Waals surface area contributed by atoms with Gasteiger partial charge in [0.25, 0.3) is 8.32 Å². The third-order valence-electron chi connectivity index (χ3n) is 15.7. The van der Waals surface area contributed by atoms with E-state index in [0.717, 1.165) is 32.9 Å². The van der Waals surface area contributed by atoms with Crippen molar-refractivity contribution in [2.75, 3.05) is 32.7 Å². The van der Waals surface area contributed by atoms with Crippen LogP contribution in [0.25, 0.3) is 0 Å². The van der Waals surface area contributed by atoms with Gasteiger partial charge >= 0.3 is 0 Å². The fraction of sp³-hybridized carbons (Fsp3) is 0.438. The molecule has 6 aromatic carbocycles. The molecule has 0 radical (unpaired) electrons. The minimum Gasteiger partial charge on any atom is -0.497 e. The normalized spacial score (nSPS) is 27.0. The number of aryl methyl sites for hydroxylation is 1. The number of fused-ring (bicyclic) bond motifs is 2. The molecular weight excluding hydrogens is 1000 g/mol. The van der Waals surface area contributed by atoms with E-state index < -0.39 is 49.8 Å². The van der Waals surface area contributed by atoms with Gasteiger partial charge in [-0.3, -0.25) is 4.21 Å². The van der Waals surface area contributed by atoms with E-state index in [1.165, 1.54) is 10.4 Å². The maximum absolute atomic E-state index is 14.5. The zero-order valence-corrected chi connectivity index (χ0v) is 47.0. The van der Waals surface area contributed by atoms with Crippen molar-refractivity contribution in [3.63, 3.8) is 0 Å². The van der Waals surface area contributed by atoms with Gasteiger partial charge in [0.15, 0.2) is 6.29 Å². The Kier molecular flexibility index (Phi) is 18.7. The predicted octanol–water partition coefficient (Wildman–Crippen LogP) is 10.6. The molecular formula is C64H76O11SSi. The fourth-order valence-corrected chi connectivity index (χ4v) is 17.4. The van der Waals surface area contributed by atoms with Gasteiger partial charge in [-0.1, -0.05) is 172 Å². The monoisotopic (exact) mass is 1080 g/mol. The molecule has 4 fully saturated rings. The number of benzene rings is 6. The average molecular weight is 1080 g/mol. The molecule has 0 unspecified atom stereocenters. The van der Waals surface area contributed by atoms with Crippen molar-refractivity contribution in [3.8, 4) is 5.75 Å². The van der Waals surface area contributed by atoms with Crippen molar-refractivity contribution >= 4 is 29.5 Å². The molecule has 10 rings (SSSR count). The molecule has 6 aromatic rings. The van der Waals surface area contributed by atoms with E-state index in [4.69, 9.17) is 47.1 Å². The number of rotatable bonds is 21. The third kappa shape index (κ3) is 13.6. The van der Waals surface area contributed by atoms with Crippen molar-refractivity contribution in [3.05, 3.63) is 192 Å². The summed E-state index contributed by atoms with van der Waals surface area (Å²) in [5.41, 5.74) is 4.21. The highest BCUT2D eigenvalue weighted by molar-refractivity contribution is 7.85. The van der Waals surface area contributed by atoms with Crippen LogP contribution in [-0.4, -0.2) is 106 Å². The summed E-state index contributed by atoms with van der Waals surface area (Å²) in [7, 11) is -2.61. The summed E-state index contributed by atoms with van der Waals surface area (Å²) >= 11 is 0. The first-order valence-electron chi connectivity index (χ1n) is 27.5. The van der Waals surface area contributed by atoms with Crippen molar-refractivity contribution in [1.82, 2.24) is 0 Å². The Morgan fingerprint density at radius 3 is 1.70 bits per heavy atom. The minimum atomic E-state index is -2.88. The SMILES string of the molecule is COc1ccc([C@@H]2OC[C@H]3O[C@@H](CCO[Si](c4ccccc4)(c4ccccc4)C(C)(C)C)[C@@H](O[C@H]4C[C@H]5O[C@@H](CCOCc6ccccc6)[C@H](OCc6ccccc6)C[C@@H]5O[C@@H]4C[S@](=O)c4ccc(C)cc4)C[C@@H]3O2)cc1. The molecule has 0 N–H and O–H groups in total. The number of hydrogen-bond acceptors (Lipinski definition) is 11. The zero-order chi connectivity index (χ0) is 53.2. The summed E-state index contributed by atoms with van der Waals surface area (Å²) in [6, 6.07) is 57.6. The van der Waals surface area contributed by atoms with E-state index in [2.05, 4.69) is 106 Å². The van der Waals surface area contributed by atoms with Crippen LogP contribution in [-0.2, 0) is 66.3 Å². The van der Waals surface area contributed by atoms with E-state index in [-0.39, 0.29) is 47.4 Å². The largest absolute Gasteiger partial charge is 0.497 e. The minimum absolute atomic E-state index is 0.209. The molecule has 0 aromatic heterocycles. The van der Waals surface area contributed by atoms with Crippen LogP contribution in [0.2, 0.25) is 5.04 Å². The standard InChI is InChI=1S/C64H76O11SSi/c1-45-26-32-50(33-27-45)76(65)44-62-60(40-58-57(74-62)38-55(68-42-47-20-12-7-13-21-47)53(71-58)34-36-67-41-46-18-10-6-11-19-46)73-56-39-59-61(43-69-63(75-59)48-28-30-49(66-5)31-29-48)72-54(56)35-37-70-77(64(2,3)4,51-22-14-8-15-23-51)52-24-16-9-17-25-52/h6-33,53-63H,34-44H2,1-5H3/t53-,54-,55+,56-,57-,58+,59-,60-,61+,62+,63+,76-/m0/s1. The quantitative estimate of drug-likeness (QED) is 0.0508. The van der Waals surface area contributed by atoms with Crippen LogP contribution >= 0.6 is 0 Å². The molecule has 12 atom stereocenters. The molecule has 0 spiro atoms. The summed E-state index contributed by atoms with van der Waals surface area (Å²) in [6.45, 7) is 11.2. The molecule has 0 saturated carbocycles. The first-order valence-corrected chi connectivity index (χ1v) is 30.8. The van der Waals surface area contributed by atoms with Crippen LogP contribution in [0.4, 0.5) is 0 Å². The average Bonchev–Trinajstić information content (AvgIpc) is 3.47. The van der Waals surface area contributed by atoms with Crippen molar-refractivity contribution in [1.29, 1.82) is 0 Å². The molecule has 4 aliphatic rings. The molecule has 13 heteroatoms. The Morgan fingerprint density at radius 2 is 1.09 bits per heavy atom. The molecule has 408 valence electrons. The van der Waals surface area contributed by atoms with Gasteiger partial charge in [0.05, 0.1) is 98.4 Å².